The molecular formula is C10H13F3N2O2. The molecule has 1 rings (SSSR count). The lowest BCUT2D eigenvalue weighted by atomic mass is 10.0. The Labute approximate surface area is 96.1 Å². The molecule has 17 heavy (non-hydrogen) atoms. The number of nitrogens with zero attached hydrogens (tertiary/aromatic N) is 2. The van der Waals surface area contributed by atoms with E-state index < -0.39 is 24.5 Å². The minimum Gasteiger partial charge on any atom is -0.481 e. The van der Waals surface area contributed by atoms with Crippen molar-refractivity contribution in [1.29, 1.82) is 0 Å². The predicted molar refractivity (Wildman–Crippen MR) is 53.7 cm³/mol. The number of carboxylic acids is 1. The molecule has 0 aliphatic heterocycles. The molecule has 7 heteroatoms. The number of aliphatic carboxylic acids is 1. The van der Waals surface area contributed by atoms with Gasteiger partial charge in [-0.25, -0.2) is 4.98 Å². The largest absolute Gasteiger partial charge is 0.481 e. The summed E-state index contributed by atoms with van der Waals surface area (Å²) in [5.41, 5.74) is -0.116. The maximum atomic E-state index is 12.8. The van der Waals surface area contributed by atoms with Gasteiger partial charge >= 0.3 is 12.1 Å². The van der Waals surface area contributed by atoms with Crippen molar-refractivity contribution in [3.8, 4) is 0 Å². The summed E-state index contributed by atoms with van der Waals surface area (Å²) < 4.78 is 39.7. The number of hydrogen-bond donors (Lipinski definition) is 1. The van der Waals surface area contributed by atoms with Crippen LogP contribution in [0.1, 0.15) is 37.9 Å². The fourth-order valence-corrected chi connectivity index (χ4v) is 1.58. The first-order valence-electron chi connectivity index (χ1n) is 5.03. The van der Waals surface area contributed by atoms with E-state index in [9.17, 15) is 18.0 Å². The first kappa shape index (κ1) is 13.5. The fourth-order valence-electron chi connectivity index (χ4n) is 1.58. The number of rotatable bonds is 4. The first-order valence-corrected chi connectivity index (χ1v) is 5.03. The van der Waals surface area contributed by atoms with Crippen LogP contribution in [0.3, 0.4) is 0 Å². The molecule has 1 aromatic rings. The number of aromatic nitrogens is 2. The molecule has 1 aromatic heterocycles. The molecule has 1 unspecified atom stereocenters. The lowest BCUT2D eigenvalue weighted by molar-refractivity contribution is -0.164. The summed E-state index contributed by atoms with van der Waals surface area (Å²) in [6.07, 6.45) is -3.23. The van der Waals surface area contributed by atoms with Gasteiger partial charge in [-0.05, 0) is 13.8 Å². The van der Waals surface area contributed by atoms with Crippen LogP contribution in [0.15, 0.2) is 12.5 Å². The molecule has 0 radical (unpaired) electrons. The van der Waals surface area contributed by atoms with E-state index in [2.05, 4.69) is 4.98 Å². The third-order valence-electron chi connectivity index (χ3n) is 2.38. The smallest absolute Gasteiger partial charge is 0.397 e. The summed E-state index contributed by atoms with van der Waals surface area (Å²) in [5.74, 6) is -3.51. The molecule has 0 fully saturated rings. The van der Waals surface area contributed by atoms with Crippen molar-refractivity contribution in [1.82, 2.24) is 9.55 Å². The zero-order valence-corrected chi connectivity index (χ0v) is 9.40. The van der Waals surface area contributed by atoms with Crippen molar-refractivity contribution in [2.45, 2.75) is 38.4 Å². The van der Waals surface area contributed by atoms with Crippen molar-refractivity contribution in [2.75, 3.05) is 0 Å². The number of halogens is 3. The fraction of sp³-hybridized carbons (Fsp3) is 0.600. The van der Waals surface area contributed by atoms with Crippen LogP contribution in [0.4, 0.5) is 13.2 Å². The Hall–Kier alpha value is -1.53. The van der Waals surface area contributed by atoms with Crippen LogP contribution in [0.5, 0.6) is 0 Å². The molecule has 1 heterocycles. The SMILES string of the molecule is CC(C)n1cncc1C(CC(=O)O)C(F)(F)F. The summed E-state index contributed by atoms with van der Waals surface area (Å²) in [5, 5.41) is 8.55. The Kier molecular flexibility index (Phi) is 3.79. The lowest BCUT2D eigenvalue weighted by Gasteiger charge is -2.21. The average molecular weight is 250 g/mol. The molecule has 0 saturated heterocycles. The van der Waals surface area contributed by atoms with Crippen LogP contribution in [-0.4, -0.2) is 26.8 Å². The molecule has 96 valence electrons. The third kappa shape index (κ3) is 3.21. The van der Waals surface area contributed by atoms with E-state index in [4.69, 9.17) is 5.11 Å². The molecule has 0 amide bonds. The van der Waals surface area contributed by atoms with E-state index in [-0.39, 0.29) is 11.7 Å². The maximum absolute atomic E-state index is 12.8. The number of alkyl halides is 3. The van der Waals surface area contributed by atoms with Gasteiger partial charge in [-0.15, -0.1) is 0 Å². The predicted octanol–water partition coefficient (Wildman–Crippen LogP) is 2.58. The summed E-state index contributed by atoms with van der Waals surface area (Å²) in [7, 11) is 0. The van der Waals surface area contributed by atoms with Crippen LogP contribution in [0.2, 0.25) is 0 Å². The lowest BCUT2D eigenvalue weighted by Crippen LogP contribution is -2.26. The van der Waals surface area contributed by atoms with E-state index in [1.165, 1.54) is 10.9 Å². The Morgan fingerprint density at radius 2 is 2.12 bits per heavy atom. The Bertz CT molecular complexity index is 399. The molecule has 0 aliphatic rings. The monoisotopic (exact) mass is 250 g/mol. The van der Waals surface area contributed by atoms with Gasteiger partial charge in [-0.2, -0.15) is 13.2 Å². The molecule has 0 aromatic carbocycles. The van der Waals surface area contributed by atoms with Gasteiger partial charge in [0.25, 0.3) is 0 Å². The summed E-state index contributed by atoms with van der Waals surface area (Å²) in [4.78, 5) is 14.2. The highest BCUT2D eigenvalue weighted by atomic mass is 19.4. The Morgan fingerprint density at radius 3 is 2.53 bits per heavy atom. The highest BCUT2D eigenvalue weighted by molar-refractivity contribution is 5.68. The van der Waals surface area contributed by atoms with Gasteiger partial charge < -0.3 is 9.67 Å². The van der Waals surface area contributed by atoms with Gasteiger partial charge in [0.2, 0.25) is 0 Å². The van der Waals surface area contributed by atoms with Gasteiger partial charge in [-0.3, -0.25) is 4.79 Å². The van der Waals surface area contributed by atoms with Crippen molar-refractivity contribution >= 4 is 5.97 Å². The highest BCUT2D eigenvalue weighted by Gasteiger charge is 2.43. The molecule has 0 saturated carbocycles. The normalized spacial score (nSPS) is 14.0. The molecule has 1 atom stereocenters. The minimum atomic E-state index is -4.59. The zero-order chi connectivity index (χ0) is 13.2. The number of carboxylic acid groups (broad SMARTS) is 1. The van der Waals surface area contributed by atoms with Crippen molar-refractivity contribution < 1.29 is 23.1 Å². The van der Waals surface area contributed by atoms with Crippen molar-refractivity contribution in [2.24, 2.45) is 0 Å². The molecule has 0 bridgehead atoms. The average Bonchev–Trinajstić information content (AvgIpc) is 2.59. The highest BCUT2D eigenvalue weighted by Crippen LogP contribution is 2.37. The van der Waals surface area contributed by atoms with Crippen LogP contribution in [0.25, 0.3) is 0 Å². The quantitative estimate of drug-likeness (QED) is 0.893. The van der Waals surface area contributed by atoms with Crippen LogP contribution in [0, 0.1) is 0 Å². The van der Waals surface area contributed by atoms with E-state index >= 15 is 0 Å². The van der Waals surface area contributed by atoms with Gasteiger partial charge in [-0.1, -0.05) is 0 Å². The summed E-state index contributed by atoms with van der Waals surface area (Å²) in [6, 6.07) is -0.203. The van der Waals surface area contributed by atoms with E-state index in [1.807, 2.05) is 0 Å². The minimum absolute atomic E-state index is 0.116. The Morgan fingerprint density at radius 1 is 1.53 bits per heavy atom. The number of carbonyl (C=O) groups is 1. The standard InChI is InChI=1S/C10H13F3N2O2/c1-6(2)15-5-14-4-8(15)7(3-9(16)17)10(11,12)13/h4-7H,3H2,1-2H3,(H,16,17). The van der Waals surface area contributed by atoms with Gasteiger partial charge in [0.1, 0.15) is 5.92 Å². The molecule has 4 nitrogen and oxygen atoms in total. The van der Waals surface area contributed by atoms with E-state index in [1.54, 1.807) is 13.8 Å². The van der Waals surface area contributed by atoms with Gasteiger partial charge in [0.05, 0.1) is 18.4 Å². The van der Waals surface area contributed by atoms with Crippen LogP contribution >= 0.6 is 0 Å². The van der Waals surface area contributed by atoms with Crippen molar-refractivity contribution in [3.05, 3.63) is 18.2 Å². The van der Waals surface area contributed by atoms with E-state index in [0.717, 1.165) is 6.20 Å². The molecule has 0 spiro atoms. The zero-order valence-electron chi connectivity index (χ0n) is 9.40. The number of hydrogen-bond acceptors (Lipinski definition) is 2. The topological polar surface area (TPSA) is 55.1 Å². The summed E-state index contributed by atoms with van der Waals surface area (Å²) >= 11 is 0. The van der Waals surface area contributed by atoms with Crippen LogP contribution < -0.4 is 0 Å². The van der Waals surface area contributed by atoms with Crippen molar-refractivity contribution in [3.63, 3.8) is 0 Å². The Balaban J connectivity index is 3.13. The number of imidazole rings is 1. The third-order valence-corrected chi connectivity index (χ3v) is 2.38. The second kappa shape index (κ2) is 4.77. The molecule has 1 N–H and O–H groups in total. The molecular weight excluding hydrogens is 237 g/mol. The summed E-state index contributed by atoms with van der Waals surface area (Å²) in [6.45, 7) is 3.42. The molecule has 0 aliphatic carbocycles. The van der Waals surface area contributed by atoms with E-state index in [0.29, 0.717) is 0 Å². The van der Waals surface area contributed by atoms with Crippen LogP contribution in [-0.2, 0) is 4.79 Å². The van der Waals surface area contributed by atoms with Gasteiger partial charge in [0, 0.05) is 12.2 Å². The van der Waals surface area contributed by atoms with Gasteiger partial charge in [0.15, 0.2) is 0 Å². The maximum Gasteiger partial charge on any atom is 0.397 e. The second-order valence-electron chi connectivity index (χ2n) is 4.01. The first-order chi connectivity index (χ1) is 7.73. The second-order valence-corrected chi connectivity index (χ2v) is 4.01.